The van der Waals surface area contributed by atoms with Crippen molar-refractivity contribution in [3.63, 3.8) is 0 Å². The maximum atomic E-state index is 13.4. The fourth-order valence-electron chi connectivity index (χ4n) is 5.26. The fourth-order valence-corrected chi connectivity index (χ4v) is 5.26. The number of pyridine rings is 2. The number of ether oxygens (including phenoxy) is 3. The number of benzene rings is 2. The summed E-state index contributed by atoms with van der Waals surface area (Å²) in [6.45, 7) is 5.65. The van der Waals surface area contributed by atoms with Crippen LogP contribution in [0.1, 0.15) is 11.1 Å². The van der Waals surface area contributed by atoms with Crippen LogP contribution in [0, 0.1) is 0 Å². The van der Waals surface area contributed by atoms with Crippen LogP contribution in [0.25, 0.3) is 33.1 Å². The Morgan fingerprint density at radius 3 is 2.55 bits per heavy atom. The Labute approximate surface area is 190 Å². The van der Waals surface area contributed by atoms with Crippen LogP contribution in [-0.2, 0) is 17.8 Å². The molecule has 4 aromatic rings. The van der Waals surface area contributed by atoms with Crippen LogP contribution in [0.15, 0.2) is 47.3 Å². The zero-order chi connectivity index (χ0) is 21.9. The van der Waals surface area contributed by atoms with E-state index in [1.54, 1.807) is 0 Å². The second-order valence-corrected chi connectivity index (χ2v) is 8.83. The van der Waals surface area contributed by atoms with Gasteiger partial charge < -0.3 is 18.8 Å². The van der Waals surface area contributed by atoms with E-state index in [4.69, 9.17) is 19.2 Å². The third kappa shape index (κ3) is 2.96. The summed E-state index contributed by atoms with van der Waals surface area (Å²) in [5.74, 6) is 1.49. The second-order valence-electron chi connectivity index (χ2n) is 8.83. The van der Waals surface area contributed by atoms with Gasteiger partial charge in [-0.3, -0.25) is 9.69 Å². The van der Waals surface area contributed by atoms with Crippen molar-refractivity contribution in [3.05, 3.63) is 63.9 Å². The molecule has 5 heterocycles. The number of nitrogens with zero attached hydrogens (tertiary/aromatic N) is 3. The lowest BCUT2D eigenvalue weighted by Crippen LogP contribution is -2.36. The van der Waals surface area contributed by atoms with Crippen LogP contribution in [-0.4, -0.2) is 54.0 Å². The molecule has 0 unspecified atom stereocenters. The van der Waals surface area contributed by atoms with Gasteiger partial charge in [-0.2, -0.15) is 0 Å². The van der Waals surface area contributed by atoms with Gasteiger partial charge in [0.05, 0.1) is 36.7 Å². The number of rotatable bonds is 2. The van der Waals surface area contributed by atoms with Gasteiger partial charge in [-0.25, -0.2) is 4.98 Å². The zero-order valence-corrected chi connectivity index (χ0v) is 18.2. The van der Waals surface area contributed by atoms with Crippen LogP contribution in [0.4, 0.5) is 0 Å². The van der Waals surface area contributed by atoms with Crippen LogP contribution < -0.4 is 15.0 Å². The van der Waals surface area contributed by atoms with Gasteiger partial charge in [-0.05, 0) is 29.1 Å². The van der Waals surface area contributed by atoms with E-state index < -0.39 is 0 Å². The monoisotopic (exact) mass is 441 g/mol. The molecular formula is C26H23N3O4. The fraction of sp³-hybridized carbons (Fsp3) is 0.308. The highest BCUT2D eigenvalue weighted by molar-refractivity contribution is 5.92. The predicted molar refractivity (Wildman–Crippen MR) is 125 cm³/mol. The quantitative estimate of drug-likeness (QED) is 0.419. The van der Waals surface area contributed by atoms with Crippen molar-refractivity contribution in [1.82, 2.24) is 14.5 Å². The zero-order valence-electron chi connectivity index (χ0n) is 18.2. The minimum absolute atomic E-state index is 0.0356. The van der Waals surface area contributed by atoms with Crippen LogP contribution in [0.2, 0.25) is 0 Å². The van der Waals surface area contributed by atoms with Crippen molar-refractivity contribution >= 4 is 21.7 Å². The third-order valence-corrected chi connectivity index (χ3v) is 6.93. The summed E-state index contributed by atoms with van der Waals surface area (Å²) in [6, 6.07) is 13.9. The molecule has 7 rings (SSSR count). The number of aromatic nitrogens is 2. The molecule has 7 heteroatoms. The first-order valence-corrected chi connectivity index (χ1v) is 11.4. The Hall–Kier alpha value is -3.42. The Bertz CT molecular complexity index is 1490. The Balaban J connectivity index is 1.48. The summed E-state index contributed by atoms with van der Waals surface area (Å²) in [7, 11) is 0. The lowest BCUT2D eigenvalue weighted by atomic mass is 9.99. The summed E-state index contributed by atoms with van der Waals surface area (Å²) in [4.78, 5) is 20.8. The van der Waals surface area contributed by atoms with Gasteiger partial charge in [0.15, 0.2) is 11.5 Å². The minimum atomic E-state index is 0.0356. The molecule has 0 bridgehead atoms. The molecule has 2 aromatic heterocycles. The third-order valence-electron chi connectivity index (χ3n) is 6.93. The maximum Gasteiger partial charge on any atom is 0.259 e. The highest BCUT2D eigenvalue weighted by Crippen LogP contribution is 2.41. The first-order valence-electron chi connectivity index (χ1n) is 11.4. The van der Waals surface area contributed by atoms with E-state index in [9.17, 15) is 4.79 Å². The Morgan fingerprint density at radius 2 is 1.70 bits per heavy atom. The van der Waals surface area contributed by atoms with E-state index in [1.807, 2.05) is 34.9 Å². The van der Waals surface area contributed by atoms with E-state index in [0.29, 0.717) is 19.8 Å². The molecule has 0 aliphatic carbocycles. The van der Waals surface area contributed by atoms with Crippen molar-refractivity contribution in [3.8, 4) is 22.9 Å². The Morgan fingerprint density at radius 1 is 0.909 bits per heavy atom. The largest absolute Gasteiger partial charge is 0.486 e. The topological polar surface area (TPSA) is 65.8 Å². The molecule has 0 radical (unpaired) electrons. The van der Waals surface area contributed by atoms with Crippen molar-refractivity contribution < 1.29 is 14.2 Å². The smallest absolute Gasteiger partial charge is 0.259 e. The summed E-state index contributed by atoms with van der Waals surface area (Å²) < 4.78 is 19.2. The summed E-state index contributed by atoms with van der Waals surface area (Å²) in [6.07, 6.45) is 0. The average Bonchev–Trinajstić information content (AvgIpc) is 3.22. The highest BCUT2D eigenvalue weighted by atomic mass is 16.6. The first-order chi connectivity index (χ1) is 16.3. The van der Waals surface area contributed by atoms with Gasteiger partial charge in [0.2, 0.25) is 0 Å². The molecule has 7 nitrogen and oxygen atoms in total. The number of hydrogen-bond donors (Lipinski definition) is 0. The van der Waals surface area contributed by atoms with E-state index in [1.165, 1.54) is 5.56 Å². The molecule has 3 aliphatic heterocycles. The van der Waals surface area contributed by atoms with Crippen molar-refractivity contribution in [2.45, 2.75) is 13.1 Å². The van der Waals surface area contributed by atoms with Gasteiger partial charge in [0, 0.05) is 42.0 Å². The van der Waals surface area contributed by atoms with Crippen LogP contribution in [0.3, 0.4) is 0 Å². The minimum Gasteiger partial charge on any atom is -0.486 e. The lowest BCUT2D eigenvalue weighted by Gasteiger charge is -2.28. The summed E-state index contributed by atoms with van der Waals surface area (Å²) in [5.41, 5.74) is 5.02. The van der Waals surface area contributed by atoms with E-state index >= 15 is 0 Å². The molecule has 1 saturated heterocycles. The average molecular weight is 441 g/mol. The van der Waals surface area contributed by atoms with Crippen LogP contribution >= 0.6 is 0 Å². The maximum absolute atomic E-state index is 13.4. The predicted octanol–water partition coefficient (Wildman–Crippen LogP) is 3.18. The number of fused-ring (bicyclic) bond motifs is 6. The molecule has 0 saturated carbocycles. The molecule has 0 atom stereocenters. The molecule has 166 valence electrons. The molecule has 0 N–H and O–H groups in total. The normalized spacial score (nSPS) is 17.3. The number of hydrogen-bond acceptors (Lipinski definition) is 6. The van der Waals surface area contributed by atoms with Gasteiger partial charge in [-0.1, -0.05) is 18.2 Å². The van der Waals surface area contributed by atoms with Crippen molar-refractivity contribution in [2.75, 3.05) is 39.5 Å². The van der Waals surface area contributed by atoms with E-state index in [-0.39, 0.29) is 5.56 Å². The van der Waals surface area contributed by atoms with Crippen LogP contribution in [0.5, 0.6) is 11.5 Å². The van der Waals surface area contributed by atoms with Gasteiger partial charge in [0.25, 0.3) is 5.56 Å². The molecule has 33 heavy (non-hydrogen) atoms. The molecule has 3 aliphatic rings. The van der Waals surface area contributed by atoms with Gasteiger partial charge in [-0.15, -0.1) is 0 Å². The SMILES string of the molecule is O=c1c2ccccc2cc2n1Cc1c-2nc2cc3c(cc2c1CN1CCOCC1)OCCO3. The summed E-state index contributed by atoms with van der Waals surface area (Å²) >= 11 is 0. The standard InChI is InChI=1S/C26H23N3O4/c30-26-17-4-2-1-3-16(17)11-22-25-20(15-29(22)26)19(14-28-5-7-31-8-6-28)18-12-23-24(13-21(18)27-25)33-10-9-32-23/h1-4,11-13H,5-10,14-15H2. The summed E-state index contributed by atoms with van der Waals surface area (Å²) in [5, 5.41) is 2.75. The molecule has 1 fully saturated rings. The molecule has 0 amide bonds. The first kappa shape index (κ1) is 19.1. The molecule has 2 aromatic carbocycles. The van der Waals surface area contributed by atoms with Crippen molar-refractivity contribution in [2.24, 2.45) is 0 Å². The lowest BCUT2D eigenvalue weighted by molar-refractivity contribution is 0.0342. The van der Waals surface area contributed by atoms with Gasteiger partial charge >= 0.3 is 0 Å². The van der Waals surface area contributed by atoms with Gasteiger partial charge in [0.1, 0.15) is 13.2 Å². The van der Waals surface area contributed by atoms with E-state index in [0.717, 1.165) is 83.0 Å². The van der Waals surface area contributed by atoms with Crippen molar-refractivity contribution in [1.29, 1.82) is 0 Å². The Kier molecular flexibility index (Phi) is 4.22. The molecular weight excluding hydrogens is 418 g/mol. The second kappa shape index (κ2) is 7.30. The highest BCUT2D eigenvalue weighted by Gasteiger charge is 2.29. The number of morpholine rings is 1. The van der Waals surface area contributed by atoms with E-state index in [2.05, 4.69) is 17.0 Å². The molecule has 0 spiro atoms.